The van der Waals surface area contributed by atoms with Crippen LogP contribution >= 0.6 is 0 Å². The van der Waals surface area contributed by atoms with Gasteiger partial charge in [0.15, 0.2) is 0 Å². The Morgan fingerprint density at radius 3 is 3.00 bits per heavy atom. The fourth-order valence-electron chi connectivity index (χ4n) is 1.68. The van der Waals surface area contributed by atoms with Gasteiger partial charge in [0.2, 0.25) is 5.82 Å². The van der Waals surface area contributed by atoms with Crippen LogP contribution < -0.4 is 5.73 Å². The van der Waals surface area contributed by atoms with E-state index >= 15 is 0 Å². The van der Waals surface area contributed by atoms with Crippen molar-refractivity contribution in [2.24, 2.45) is 0 Å². The van der Waals surface area contributed by atoms with Gasteiger partial charge < -0.3 is 15.0 Å². The lowest BCUT2D eigenvalue weighted by Gasteiger charge is -2.08. The van der Waals surface area contributed by atoms with Crippen LogP contribution in [0.3, 0.4) is 0 Å². The topological polar surface area (TPSA) is 87.1 Å². The molecule has 2 aromatic heterocycles. The van der Waals surface area contributed by atoms with E-state index in [1.54, 1.807) is 25.4 Å². The minimum Gasteiger partial charge on any atom is -0.384 e. The van der Waals surface area contributed by atoms with Crippen LogP contribution in [0.2, 0.25) is 0 Å². The first-order valence-electron chi connectivity index (χ1n) is 5.83. The summed E-state index contributed by atoms with van der Waals surface area (Å²) >= 11 is 0. The van der Waals surface area contributed by atoms with Crippen molar-refractivity contribution < 1.29 is 9.26 Å². The molecule has 0 aliphatic rings. The number of methoxy groups -OCH3 is 1. The van der Waals surface area contributed by atoms with E-state index < -0.39 is 0 Å². The van der Waals surface area contributed by atoms with Crippen molar-refractivity contribution in [1.29, 1.82) is 0 Å². The van der Waals surface area contributed by atoms with Crippen molar-refractivity contribution in [2.45, 2.75) is 25.9 Å². The smallest absolute Gasteiger partial charge is 0.258 e. The fourth-order valence-corrected chi connectivity index (χ4v) is 1.68. The van der Waals surface area contributed by atoms with Crippen LogP contribution in [0.15, 0.2) is 22.9 Å². The minimum absolute atomic E-state index is 0.133. The first-order valence-corrected chi connectivity index (χ1v) is 5.83. The van der Waals surface area contributed by atoms with Crippen molar-refractivity contribution in [3.8, 4) is 11.5 Å². The molecule has 6 heteroatoms. The van der Waals surface area contributed by atoms with Gasteiger partial charge in [0.1, 0.15) is 11.9 Å². The van der Waals surface area contributed by atoms with Crippen LogP contribution in [-0.4, -0.2) is 22.2 Å². The highest BCUT2D eigenvalue weighted by Gasteiger charge is 2.17. The molecule has 0 aromatic carbocycles. The molecule has 0 fully saturated rings. The Morgan fingerprint density at radius 2 is 2.33 bits per heavy atom. The van der Waals surface area contributed by atoms with Crippen LogP contribution in [0.4, 0.5) is 5.82 Å². The van der Waals surface area contributed by atoms with Gasteiger partial charge in [-0.3, -0.25) is 0 Å². The Balaban J connectivity index is 2.24. The number of hydrogen-bond donors (Lipinski definition) is 1. The van der Waals surface area contributed by atoms with Crippen LogP contribution in [-0.2, 0) is 4.74 Å². The number of nitrogens with zero attached hydrogens (tertiary/aromatic N) is 3. The maximum atomic E-state index is 5.61. The van der Waals surface area contributed by atoms with E-state index in [1.165, 1.54) is 0 Å². The normalized spacial score (nSPS) is 12.6. The Labute approximate surface area is 105 Å². The van der Waals surface area contributed by atoms with Gasteiger partial charge in [-0.25, -0.2) is 4.98 Å². The Hall–Kier alpha value is -1.95. The highest BCUT2D eigenvalue weighted by Crippen LogP contribution is 2.23. The van der Waals surface area contributed by atoms with Gasteiger partial charge in [0.05, 0.1) is 0 Å². The quantitative estimate of drug-likeness (QED) is 0.872. The number of rotatable bonds is 5. The van der Waals surface area contributed by atoms with Crippen molar-refractivity contribution >= 4 is 5.82 Å². The second-order valence-corrected chi connectivity index (χ2v) is 3.94. The molecule has 18 heavy (non-hydrogen) atoms. The van der Waals surface area contributed by atoms with E-state index in [2.05, 4.69) is 22.0 Å². The predicted molar refractivity (Wildman–Crippen MR) is 66.6 cm³/mol. The van der Waals surface area contributed by atoms with E-state index in [1.807, 2.05) is 0 Å². The van der Waals surface area contributed by atoms with Gasteiger partial charge in [0.25, 0.3) is 5.89 Å². The molecule has 0 bridgehead atoms. The molecule has 2 aromatic rings. The Morgan fingerprint density at radius 1 is 1.50 bits per heavy atom. The summed E-state index contributed by atoms with van der Waals surface area (Å²) in [7, 11) is 1.64. The van der Waals surface area contributed by atoms with Gasteiger partial charge in [-0.05, 0) is 18.6 Å². The van der Waals surface area contributed by atoms with E-state index in [4.69, 9.17) is 15.0 Å². The first-order chi connectivity index (χ1) is 8.74. The zero-order valence-corrected chi connectivity index (χ0v) is 10.5. The Kier molecular flexibility index (Phi) is 3.88. The average Bonchev–Trinajstić information content (AvgIpc) is 2.85. The summed E-state index contributed by atoms with van der Waals surface area (Å²) < 4.78 is 10.5. The fraction of sp³-hybridized carbons (Fsp3) is 0.417. The third-order valence-electron chi connectivity index (χ3n) is 2.59. The van der Waals surface area contributed by atoms with Gasteiger partial charge >= 0.3 is 0 Å². The van der Waals surface area contributed by atoms with Crippen LogP contribution in [0.25, 0.3) is 11.5 Å². The zero-order chi connectivity index (χ0) is 13.0. The number of hydrogen-bond acceptors (Lipinski definition) is 6. The summed E-state index contributed by atoms with van der Waals surface area (Å²) in [5.74, 6) is 1.41. The molecule has 2 N–H and O–H groups in total. The molecular weight excluding hydrogens is 232 g/mol. The van der Waals surface area contributed by atoms with E-state index in [0.717, 1.165) is 18.4 Å². The lowest BCUT2D eigenvalue weighted by Crippen LogP contribution is -2.03. The number of ether oxygens (including phenoxy) is 1. The molecule has 0 radical (unpaired) electrons. The molecule has 0 saturated heterocycles. The molecule has 1 atom stereocenters. The SMILES string of the molecule is CCCC(OC)c1noc(-c2ccnc(N)c2)n1. The Bertz CT molecular complexity index is 512. The van der Waals surface area contributed by atoms with E-state index in [9.17, 15) is 0 Å². The van der Waals surface area contributed by atoms with Gasteiger partial charge in [-0.1, -0.05) is 18.5 Å². The number of anilines is 1. The summed E-state index contributed by atoms with van der Waals surface area (Å²) in [6, 6.07) is 3.47. The third-order valence-corrected chi connectivity index (χ3v) is 2.59. The number of nitrogens with two attached hydrogens (primary N) is 1. The lowest BCUT2D eigenvalue weighted by atomic mass is 10.2. The maximum absolute atomic E-state index is 5.61. The second kappa shape index (κ2) is 5.59. The summed E-state index contributed by atoms with van der Waals surface area (Å²) in [4.78, 5) is 8.24. The van der Waals surface area contributed by atoms with Gasteiger partial charge in [-0.2, -0.15) is 4.98 Å². The maximum Gasteiger partial charge on any atom is 0.258 e. The number of aromatic nitrogens is 3. The molecule has 6 nitrogen and oxygen atoms in total. The molecular formula is C12H16N4O2. The molecule has 0 aliphatic heterocycles. The van der Waals surface area contributed by atoms with E-state index in [-0.39, 0.29) is 6.10 Å². The van der Waals surface area contributed by atoms with Gasteiger partial charge in [0, 0.05) is 18.9 Å². The third kappa shape index (κ3) is 2.65. The summed E-state index contributed by atoms with van der Waals surface area (Å²) in [5.41, 5.74) is 6.37. The molecule has 0 amide bonds. The summed E-state index contributed by atoms with van der Waals surface area (Å²) in [6.45, 7) is 2.08. The monoisotopic (exact) mass is 248 g/mol. The molecule has 2 rings (SSSR count). The van der Waals surface area contributed by atoms with Crippen molar-refractivity contribution in [1.82, 2.24) is 15.1 Å². The van der Waals surface area contributed by atoms with Crippen LogP contribution in [0, 0.1) is 0 Å². The van der Waals surface area contributed by atoms with Gasteiger partial charge in [-0.15, -0.1) is 0 Å². The van der Waals surface area contributed by atoms with E-state index in [0.29, 0.717) is 17.5 Å². The number of nitrogen functional groups attached to an aromatic ring is 1. The zero-order valence-electron chi connectivity index (χ0n) is 10.5. The average molecular weight is 248 g/mol. The largest absolute Gasteiger partial charge is 0.384 e. The molecule has 0 spiro atoms. The molecule has 1 unspecified atom stereocenters. The summed E-state index contributed by atoms with van der Waals surface area (Å²) in [6.07, 6.45) is 3.32. The van der Waals surface area contributed by atoms with Crippen molar-refractivity contribution in [3.05, 3.63) is 24.2 Å². The summed E-state index contributed by atoms with van der Waals surface area (Å²) in [5, 5.41) is 3.94. The van der Waals surface area contributed by atoms with Crippen molar-refractivity contribution in [2.75, 3.05) is 12.8 Å². The highest BCUT2D eigenvalue weighted by molar-refractivity contribution is 5.56. The minimum atomic E-state index is -0.133. The standard InChI is InChI=1S/C12H16N4O2/c1-3-4-9(17-2)11-15-12(18-16-11)8-5-6-14-10(13)7-8/h5-7,9H,3-4H2,1-2H3,(H2,13,14). The predicted octanol–water partition coefficient (Wildman–Crippen LogP) is 2.20. The molecule has 0 aliphatic carbocycles. The molecule has 2 heterocycles. The second-order valence-electron chi connectivity index (χ2n) is 3.94. The lowest BCUT2D eigenvalue weighted by molar-refractivity contribution is 0.0854. The van der Waals surface area contributed by atoms with Crippen molar-refractivity contribution in [3.63, 3.8) is 0 Å². The highest BCUT2D eigenvalue weighted by atomic mass is 16.5. The molecule has 96 valence electrons. The first kappa shape index (κ1) is 12.5. The van der Waals surface area contributed by atoms with Crippen LogP contribution in [0.1, 0.15) is 31.7 Å². The number of pyridine rings is 1. The van der Waals surface area contributed by atoms with Crippen LogP contribution in [0.5, 0.6) is 0 Å². The molecule has 0 saturated carbocycles.